The van der Waals surface area contributed by atoms with E-state index in [4.69, 9.17) is 14.6 Å². The first kappa shape index (κ1) is 43.3. The Labute approximate surface area is 416 Å². The number of imidazole rings is 1. The van der Waals surface area contributed by atoms with E-state index in [2.05, 4.69) is 223 Å². The van der Waals surface area contributed by atoms with Crippen LogP contribution in [-0.2, 0) is 26.5 Å². The number of pyridine rings is 1. The molecule has 0 unspecified atom stereocenters. The van der Waals surface area contributed by atoms with E-state index in [1.54, 1.807) is 11.8 Å². The molecule has 2 aliphatic heterocycles. The third-order valence-corrected chi connectivity index (χ3v) is 13.6. The second-order valence-electron chi connectivity index (χ2n) is 17.8. The Morgan fingerprint density at radius 1 is 0.588 bits per heavy atom. The Morgan fingerprint density at radius 2 is 1.19 bits per heavy atom. The van der Waals surface area contributed by atoms with Gasteiger partial charge in [-0.3, -0.25) is 9.47 Å². The largest absolute Gasteiger partial charge is 0.510 e. The number of hydrogen-bond donors (Lipinski definition) is 0. The van der Waals surface area contributed by atoms with Crippen molar-refractivity contribution in [3.05, 3.63) is 224 Å². The van der Waals surface area contributed by atoms with E-state index in [1.807, 2.05) is 30.5 Å². The fourth-order valence-corrected chi connectivity index (χ4v) is 10.7. The van der Waals surface area contributed by atoms with Crippen molar-refractivity contribution in [2.45, 2.75) is 31.1 Å². The number of nitrogens with zero attached hydrogens (tertiary/aromatic N) is 5. The van der Waals surface area contributed by atoms with Gasteiger partial charge >= 0.3 is 0 Å². The molecule has 0 amide bonds. The summed E-state index contributed by atoms with van der Waals surface area (Å²) in [5.41, 5.74) is 14.8. The molecule has 68 heavy (non-hydrogen) atoms. The van der Waals surface area contributed by atoms with Crippen molar-refractivity contribution in [2.24, 2.45) is 4.90 Å². The van der Waals surface area contributed by atoms with Crippen molar-refractivity contribution >= 4 is 57.2 Å². The molecule has 6 nitrogen and oxygen atoms in total. The molecule has 12 rings (SSSR count). The molecule has 0 spiro atoms. The van der Waals surface area contributed by atoms with E-state index >= 15 is 0 Å². The van der Waals surface area contributed by atoms with Gasteiger partial charge in [0.2, 0.25) is 0 Å². The molecule has 0 saturated carbocycles. The van der Waals surface area contributed by atoms with E-state index < -0.39 is 0 Å². The number of aromatic nitrogens is 3. The normalized spacial score (nSPS) is 12.8. The Balaban J connectivity index is 0.00000507. The van der Waals surface area contributed by atoms with Gasteiger partial charge in [0, 0.05) is 38.8 Å². The minimum absolute atomic E-state index is 0. The Kier molecular flexibility index (Phi) is 11.3. The van der Waals surface area contributed by atoms with Gasteiger partial charge in [-0.25, -0.2) is 4.98 Å². The van der Waals surface area contributed by atoms with E-state index in [0.29, 0.717) is 11.5 Å². The summed E-state index contributed by atoms with van der Waals surface area (Å²) < 4.78 is 11.0. The molecule has 0 radical (unpaired) electrons. The van der Waals surface area contributed by atoms with Gasteiger partial charge in [0.25, 0.3) is 13.2 Å². The number of amidine groups is 1. The molecule has 0 fully saturated rings. The number of hydrogen-bond acceptors (Lipinski definition) is 5. The minimum atomic E-state index is -0.281. The summed E-state index contributed by atoms with van der Waals surface area (Å²) in [7, 11) is 0. The standard InChI is InChI=1S/C59H42BN5OS.Pt/c1-59(2,3)49-35-36-61-57-56(49)67-58-62-60(50-30-14-13-27-46(50)40-19-7-4-8-20-40)51-34-33-45(38-54(51)65(57)58)66-44-26-17-25-43(37-44)63-39-64(53-32-16-15-31-52(53)63)55-47(41-21-9-5-10-22-41)28-18-29-48(55)42-23-11-6-12-24-42;/h4-36H,1-3H3;/q-2;. The zero-order chi connectivity index (χ0) is 45.1. The third-order valence-electron chi connectivity index (χ3n) is 12.5. The van der Waals surface area contributed by atoms with Crippen molar-refractivity contribution in [1.82, 2.24) is 9.55 Å². The van der Waals surface area contributed by atoms with E-state index in [0.717, 1.165) is 88.3 Å². The van der Waals surface area contributed by atoms with E-state index in [-0.39, 0.29) is 33.3 Å². The van der Waals surface area contributed by atoms with Crippen LogP contribution in [0.1, 0.15) is 26.3 Å². The molecule has 2 aromatic heterocycles. The van der Waals surface area contributed by atoms with E-state index in [1.165, 1.54) is 5.56 Å². The molecule has 0 N–H and O–H groups in total. The zero-order valence-corrected chi connectivity index (χ0v) is 40.6. The van der Waals surface area contributed by atoms with Crippen LogP contribution >= 0.6 is 11.8 Å². The first-order chi connectivity index (χ1) is 32.9. The summed E-state index contributed by atoms with van der Waals surface area (Å²) in [6.45, 7) is 6.46. The maximum absolute atomic E-state index is 6.77. The second kappa shape index (κ2) is 17.8. The maximum Gasteiger partial charge on any atom is 0.283 e. The molecule has 0 atom stereocenters. The first-order valence-electron chi connectivity index (χ1n) is 22.5. The van der Waals surface area contributed by atoms with Crippen LogP contribution in [0, 0.1) is 18.5 Å². The summed E-state index contributed by atoms with van der Waals surface area (Å²) in [6.07, 6.45) is 5.68. The van der Waals surface area contributed by atoms with Gasteiger partial charge in [0.05, 0.1) is 21.6 Å². The second-order valence-corrected chi connectivity index (χ2v) is 18.8. The number of rotatable bonds is 8. The van der Waals surface area contributed by atoms with Crippen molar-refractivity contribution in [3.63, 3.8) is 0 Å². The molecule has 10 aromatic rings. The van der Waals surface area contributed by atoms with Gasteiger partial charge in [0.1, 0.15) is 0 Å². The van der Waals surface area contributed by atoms with Crippen LogP contribution < -0.4 is 25.1 Å². The van der Waals surface area contributed by atoms with Crippen molar-refractivity contribution < 1.29 is 30.4 Å². The molecule has 0 aliphatic carbocycles. The van der Waals surface area contributed by atoms with Crippen molar-refractivity contribution in [2.75, 3.05) is 4.90 Å². The van der Waals surface area contributed by atoms with Crippen LogP contribution in [0.25, 0.3) is 55.8 Å². The molecule has 0 saturated heterocycles. The van der Waals surface area contributed by atoms with Gasteiger partial charge in [-0.1, -0.05) is 190 Å². The van der Waals surface area contributed by atoms with Gasteiger partial charge < -0.3 is 14.2 Å². The number of para-hydroxylation sites is 3. The first-order valence-corrected chi connectivity index (χ1v) is 23.3. The van der Waals surface area contributed by atoms with Crippen LogP contribution in [0.2, 0.25) is 0 Å². The number of thioether (sulfide) groups is 1. The van der Waals surface area contributed by atoms with Crippen LogP contribution in [-0.4, -0.2) is 21.6 Å². The third kappa shape index (κ3) is 7.68. The van der Waals surface area contributed by atoms with Crippen LogP contribution in [0.3, 0.4) is 0 Å². The number of anilines is 2. The molecule has 2 aliphatic rings. The van der Waals surface area contributed by atoms with Crippen molar-refractivity contribution in [3.8, 4) is 56.3 Å². The molecular weight excluding hydrogens is 1030 g/mol. The molecule has 4 heterocycles. The van der Waals surface area contributed by atoms with Crippen LogP contribution in [0.5, 0.6) is 11.5 Å². The average Bonchev–Trinajstić information content (AvgIpc) is 3.96. The number of ether oxygens (including phenoxy) is 1. The van der Waals surface area contributed by atoms with Gasteiger partial charge in [-0.15, -0.1) is 29.7 Å². The number of fused-ring (bicyclic) bond motifs is 6. The smallest absolute Gasteiger partial charge is 0.283 e. The topological polar surface area (TPSA) is 46.5 Å². The zero-order valence-electron chi connectivity index (χ0n) is 37.5. The van der Waals surface area contributed by atoms with Crippen LogP contribution in [0.4, 0.5) is 11.5 Å². The van der Waals surface area contributed by atoms with Gasteiger partial charge in [0.15, 0.2) is 11.0 Å². The summed E-state index contributed by atoms with van der Waals surface area (Å²) >= 11 is 1.69. The fourth-order valence-electron chi connectivity index (χ4n) is 9.41. The van der Waals surface area contributed by atoms with Gasteiger partial charge in [-0.05, 0) is 67.9 Å². The van der Waals surface area contributed by atoms with Gasteiger partial charge in [-0.2, -0.15) is 18.2 Å². The summed E-state index contributed by atoms with van der Waals surface area (Å²) in [6, 6.07) is 74.8. The minimum Gasteiger partial charge on any atom is -0.510 e. The van der Waals surface area contributed by atoms with Crippen molar-refractivity contribution in [1.29, 1.82) is 0 Å². The average molecular weight is 1070 g/mol. The molecule has 330 valence electrons. The summed E-state index contributed by atoms with van der Waals surface area (Å²) in [5.74, 6) is 1.98. The summed E-state index contributed by atoms with van der Waals surface area (Å²) in [5, 5.41) is 0.870. The molecule has 0 bridgehead atoms. The van der Waals surface area contributed by atoms with E-state index in [9.17, 15) is 0 Å². The maximum atomic E-state index is 6.77. The Hall–Kier alpha value is -7.25. The molecule has 8 aromatic carbocycles. The molecule has 9 heteroatoms. The quantitative estimate of drug-likeness (QED) is 0.0864. The predicted octanol–water partition coefficient (Wildman–Crippen LogP) is 12.5. The SMILES string of the molecule is CC(C)(C)c1ccnc2c1SC1=NB(c3ccccc3-c3ccccc3)c3ccc(Oc4[c-]c(-n5[c-][n+](-c6c(-c7ccccc7)cccc6-c6ccccc6)c6ccccc65)ccc4)[c-]c3N12.[Pt]. The fraction of sp³-hybridized carbons (Fsp3) is 0.0678. The van der Waals surface area contributed by atoms with Crippen LogP contribution in [0.15, 0.2) is 210 Å². The predicted molar refractivity (Wildman–Crippen MR) is 274 cm³/mol. The Bertz CT molecular complexity index is 3480. The number of benzene rings is 8. The molecular formula is C59H42BN5OPtS-2. The summed E-state index contributed by atoms with van der Waals surface area (Å²) in [4.78, 5) is 13.8. The Morgan fingerprint density at radius 3 is 1.90 bits per heavy atom. The monoisotopic (exact) mass is 1070 g/mol.